The van der Waals surface area contributed by atoms with Gasteiger partial charge in [0.15, 0.2) is 5.11 Å². The average molecular weight is 481 g/mol. The predicted molar refractivity (Wildman–Crippen MR) is 126 cm³/mol. The SMILES string of the molecule is CNS(=O)(=O)N(C[C@H](C)c1csc2ccc(NC(=O)c3ccc(F)cc3)cc12)C(N)=S. The topological polar surface area (TPSA) is 105 Å². The molecular weight excluding hydrogens is 459 g/mol. The van der Waals surface area contributed by atoms with Gasteiger partial charge in [0.05, 0.1) is 0 Å². The molecule has 0 fully saturated rings. The Morgan fingerprint density at radius 1 is 1.26 bits per heavy atom. The van der Waals surface area contributed by atoms with E-state index >= 15 is 0 Å². The van der Waals surface area contributed by atoms with Crippen LogP contribution in [0.2, 0.25) is 0 Å². The zero-order chi connectivity index (χ0) is 22.8. The predicted octanol–water partition coefficient (Wildman–Crippen LogP) is 3.41. The van der Waals surface area contributed by atoms with Gasteiger partial charge in [-0.25, -0.2) is 13.4 Å². The minimum atomic E-state index is -3.82. The van der Waals surface area contributed by atoms with E-state index in [4.69, 9.17) is 18.0 Å². The molecule has 0 saturated heterocycles. The quantitative estimate of drug-likeness (QED) is 0.450. The molecule has 1 heterocycles. The van der Waals surface area contributed by atoms with Crippen LogP contribution in [0.4, 0.5) is 10.1 Å². The molecule has 0 saturated carbocycles. The van der Waals surface area contributed by atoms with E-state index in [1.807, 2.05) is 24.4 Å². The molecule has 4 N–H and O–H groups in total. The van der Waals surface area contributed by atoms with Gasteiger partial charge in [0, 0.05) is 35.5 Å². The summed E-state index contributed by atoms with van der Waals surface area (Å²) < 4.78 is 41.7. The number of halogens is 1. The van der Waals surface area contributed by atoms with Gasteiger partial charge in [-0.3, -0.25) is 4.79 Å². The van der Waals surface area contributed by atoms with E-state index in [1.165, 1.54) is 42.6 Å². The molecule has 31 heavy (non-hydrogen) atoms. The number of rotatable bonds is 7. The highest BCUT2D eigenvalue weighted by molar-refractivity contribution is 7.89. The Kier molecular flexibility index (Phi) is 6.90. The molecule has 0 spiro atoms. The fraction of sp³-hybridized carbons (Fsp3) is 0.200. The molecule has 3 aromatic rings. The largest absolute Gasteiger partial charge is 0.375 e. The minimum Gasteiger partial charge on any atom is -0.375 e. The molecule has 7 nitrogen and oxygen atoms in total. The summed E-state index contributed by atoms with van der Waals surface area (Å²) >= 11 is 6.43. The number of thiocarbonyl (C=S) groups is 1. The Balaban J connectivity index is 1.86. The standard InChI is InChI=1S/C20H21FN4O3S3/c1-12(10-25(20(22)29)31(27,28)23-2)17-11-30-18-8-7-15(9-16(17)18)24-19(26)13-3-5-14(21)6-4-13/h3-9,11-12,23H,10H2,1-2H3,(H2,22,29)(H,24,26)/t12-/m0/s1. The van der Waals surface area contributed by atoms with Crippen molar-refractivity contribution in [1.29, 1.82) is 0 Å². The summed E-state index contributed by atoms with van der Waals surface area (Å²) in [6.45, 7) is 1.94. The van der Waals surface area contributed by atoms with Gasteiger partial charge in [0.1, 0.15) is 5.82 Å². The summed E-state index contributed by atoms with van der Waals surface area (Å²) in [6, 6.07) is 10.8. The van der Waals surface area contributed by atoms with Crippen LogP contribution in [-0.4, -0.2) is 37.3 Å². The number of hydrogen-bond acceptors (Lipinski definition) is 5. The number of fused-ring (bicyclic) bond motifs is 1. The van der Waals surface area contributed by atoms with Crippen molar-refractivity contribution < 1.29 is 17.6 Å². The van der Waals surface area contributed by atoms with E-state index in [0.717, 1.165) is 20.0 Å². The van der Waals surface area contributed by atoms with E-state index in [0.29, 0.717) is 11.3 Å². The maximum atomic E-state index is 13.1. The second kappa shape index (κ2) is 9.27. The van der Waals surface area contributed by atoms with Crippen molar-refractivity contribution in [1.82, 2.24) is 9.03 Å². The van der Waals surface area contributed by atoms with Gasteiger partial charge in [-0.1, -0.05) is 6.92 Å². The molecule has 0 aliphatic heterocycles. The summed E-state index contributed by atoms with van der Waals surface area (Å²) in [5.74, 6) is -0.994. The van der Waals surface area contributed by atoms with Crippen LogP contribution >= 0.6 is 23.6 Å². The molecule has 164 valence electrons. The number of nitrogens with zero attached hydrogens (tertiary/aromatic N) is 1. The number of nitrogens with one attached hydrogen (secondary N) is 2. The maximum Gasteiger partial charge on any atom is 0.303 e. The molecule has 0 radical (unpaired) electrons. The van der Waals surface area contributed by atoms with Crippen LogP contribution in [0.25, 0.3) is 10.1 Å². The van der Waals surface area contributed by atoms with E-state index in [2.05, 4.69) is 10.0 Å². The van der Waals surface area contributed by atoms with Gasteiger partial charge in [-0.05, 0) is 71.0 Å². The van der Waals surface area contributed by atoms with Gasteiger partial charge in [-0.2, -0.15) is 8.42 Å². The van der Waals surface area contributed by atoms with Crippen LogP contribution in [-0.2, 0) is 10.2 Å². The van der Waals surface area contributed by atoms with Crippen LogP contribution in [0.5, 0.6) is 0 Å². The molecule has 11 heteroatoms. The molecule has 0 aliphatic rings. The zero-order valence-electron chi connectivity index (χ0n) is 16.8. The summed E-state index contributed by atoms with van der Waals surface area (Å²) in [7, 11) is -2.53. The molecule has 1 aromatic heterocycles. The first-order valence-corrected chi connectivity index (χ1v) is 11.9. The Bertz CT molecular complexity index is 1230. The number of nitrogens with two attached hydrogens (primary N) is 1. The van der Waals surface area contributed by atoms with Gasteiger partial charge >= 0.3 is 10.2 Å². The molecule has 1 atom stereocenters. The Hall–Kier alpha value is -2.60. The number of carbonyl (C=O) groups is 1. The Labute approximate surface area is 189 Å². The molecular formula is C20H21FN4O3S3. The van der Waals surface area contributed by atoms with E-state index < -0.39 is 16.0 Å². The van der Waals surface area contributed by atoms with Crippen molar-refractivity contribution >= 4 is 60.6 Å². The number of anilines is 1. The normalized spacial score (nSPS) is 12.5. The number of amides is 1. The molecule has 0 aliphatic carbocycles. The first-order valence-electron chi connectivity index (χ1n) is 9.21. The fourth-order valence-electron chi connectivity index (χ4n) is 3.08. The maximum absolute atomic E-state index is 13.1. The first-order chi connectivity index (χ1) is 14.6. The molecule has 3 rings (SSSR count). The highest BCUT2D eigenvalue weighted by atomic mass is 32.2. The number of benzene rings is 2. The molecule has 0 bridgehead atoms. The molecule has 1 amide bonds. The van der Waals surface area contributed by atoms with Gasteiger partial charge in [-0.15, -0.1) is 11.3 Å². The Morgan fingerprint density at radius 3 is 2.55 bits per heavy atom. The lowest BCUT2D eigenvalue weighted by Gasteiger charge is -2.25. The third kappa shape index (κ3) is 5.18. The lowest BCUT2D eigenvalue weighted by Crippen LogP contribution is -2.47. The fourth-order valence-corrected chi connectivity index (χ4v) is 5.39. The van der Waals surface area contributed by atoms with Crippen molar-refractivity contribution in [2.24, 2.45) is 5.73 Å². The highest BCUT2D eigenvalue weighted by Crippen LogP contribution is 2.34. The first kappa shape index (κ1) is 23.1. The average Bonchev–Trinajstić information content (AvgIpc) is 3.15. The Morgan fingerprint density at radius 2 is 1.94 bits per heavy atom. The van der Waals surface area contributed by atoms with Gasteiger partial charge in [0.2, 0.25) is 0 Å². The molecule has 0 unspecified atom stereocenters. The summed E-state index contributed by atoms with van der Waals surface area (Å²) in [5, 5.41) is 5.40. The van der Waals surface area contributed by atoms with E-state index in [1.54, 1.807) is 6.07 Å². The third-order valence-corrected chi connectivity index (χ3v) is 7.49. The number of hydrogen-bond donors (Lipinski definition) is 3. The van der Waals surface area contributed by atoms with Crippen LogP contribution in [0.3, 0.4) is 0 Å². The van der Waals surface area contributed by atoms with Crippen molar-refractivity contribution in [3.8, 4) is 0 Å². The minimum absolute atomic E-state index is 0.0660. The summed E-state index contributed by atoms with van der Waals surface area (Å²) in [4.78, 5) is 12.4. The van der Waals surface area contributed by atoms with Gasteiger partial charge < -0.3 is 11.1 Å². The monoisotopic (exact) mass is 480 g/mol. The van der Waals surface area contributed by atoms with Crippen molar-refractivity contribution in [2.45, 2.75) is 12.8 Å². The highest BCUT2D eigenvalue weighted by Gasteiger charge is 2.25. The van der Waals surface area contributed by atoms with Crippen molar-refractivity contribution in [3.63, 3.8) is 0 Å². The van der Waals surface area contributed by atoms with Gasteiger partial charge in [0.25, 0.3) is 5.91 Å². The van der Waals surface area contributed by atoms with E-state index in [9.17, 15) is 17.6 Å². The number of carbonyl (C=O) groups excluding carboxylic acids is 1. The van der Waals surface area contributed by atoms with Crippen LogP contribution < -0.4 is 15.8 Å². The second-order valence-corrected chi connectivity index (χ2v) is 9.97. The smallest absolute Gasteiger partial charge is 0.303 e. The second-order valence-electron chi connectivity index (χ2n) is 6.84. The number of thiophene rings is 1. The van der Waals surface area contributed by atoms with Crippen LogP contribution in [0.15, 0.2) is 47.8 Å². The van der Waals surface area contributed by atoms with Crippen molar-refractivity contribution in [2.75, 3.05) is 18.9 Å². The lowest BCUT2D eigenvalue weighted by atomic mass is 10.00. The summed E-state index contributed by atoms with van der Waals surface area (Å²) in [6.07, 6.45) is 0. The van der Waals surface area contributed by atoms with E-state index in [-0.39, 0.29) is 23.5 Å². The van der Waals surface area contributed by atoms with Crippen molar-refractivity contribution in [3.05, 3.63) is 64.8 Å². The molecule has 2 aromatic carbocycles. The van der Waals surface area contributed by atoms with Crippen LogP contribution in [0.1, 0.15) is 28.8 Å². The third-order valence-electron chi connectivity index (χ3n) is 4.73. The summed E-state index contributed by atoms with van der Waals surface area (Å²) in [5.41, 5.74) is 7.44. The zero-order valence-corrected chi connectivity index (χ0v) is 19.2. The lowest BCUT2D eigenvalue weighted by molar-refractivity contribution is 0.102. The van der Waals surface area contributed by atoms with Crippen LogP contribution in [0, 0.1) is 5.82 Å².